The van der Waals surface area contributed by atoms with Crippen LogP contribution in [0.1, 0.15) is 26.2 Å². The zero-order chi connectivity index (χ0) is 12.9. The van der Waals surface area contributed by atoms with Crippen LogP contribution < -0.4 is 5.73 Å². The van der Waals surface area contributed by atoms with Crippen LogP contribution in [0.15, 0.2) is 0 Å². The lowest BCUT2D eigenvalue weighted by Crippen LogP contribution is -2.42. The fourth-order valence-corrected chi connectivity index (χ4v) is 3.61. The standard InChI is InChI=1S/C10H21N3O3S/c1-2-5-13(7-10(11)12)17(14,15)8-9-4-3-6-16-9/h9H,2-8H2,1H3,(H3,11,12). The summed E-state index contributed by atoms with van der Waals surface area (Å²) in [6.45, 7) is 2.91. The van der Waals surface area contributed by atoms with Crippen molar-refractivity contribution >= 4 is 15.9 Å². The lowest BCUT2D eigenvalue weighted by atomic mass is 10.3. The van der Waals surface area contributed by atoms with E-state index >= 15 is 0 Å². The van der Waals surface area contributed by atoms with Crippen LogP contribution in [0.4, 0.5) is 0 Å². The number of sulfonamides is 1. The predicted molar refractivity (Wildman–Crippen MR) is 66.5 cm³/mol. The number of hydrogen-bond donors (Lipinski definition) is 2. The summed E-state index contributed by atoms with van der Waals surface area (Å²) in [5, 5.41) is 7.21. The van der Waals surface area contributed by atoms with Crippen molar-refractivity contribution in [1.82, 2.24) is 4.31 Å². The highest BCUT2D eigenvalue weighted by Crippen LogP contribution is 2.16. The molecule has 1 atom stereocenters. The summed E-state index contributed by atoms with van der Waals surface area (Å²) < 4.78 is 30.8. The summed E-state index contributed by atoms with van der Waals surface area (Å²) in [5.41, 5.74) is 5.27. The smallest absolute Gasteiger partial charge is 0.217 e. The Kier molecular flexibility index (Phi) is 5.35. The molecule has 1 fully saturated rings. The van der Waals surface area contributed by atoms with Crippen LogP contribution in [0.2, 0.25) is 0 Å². The van der Waals surface area contributed by atoms with Crippen LogP contribution in [-0.4, -0.2) is 50.1 Å². The maximum atomic E-state index is 12.1. The Bertz CT molecular complexity index is 350. The van der Waals surface area contributed by atoms with Crippen molar-refractivity contribution in [1.29, 1.82) is 5.41 Å². The van der Waals surface area contributed by atoms with E-state index in [0.29, 0.717) is 19.6 Å². The Hall–Kier alpha value is -0.660. The molecule has 0 aromatic rings. The first-order chi connectivity index (χ1) is 7.95. The molecule has 1 rings (SSSR count). The third-order valence-corrected chi connectivity index (χ3v) is 4.53. The third kappa shape index (κ3) is 4.61. The van der Waals surface area contributed by atoms with Crippen LogP contribution in [0.3, 0.4) is 0 Å². The molecule has 1 unspecified atom stereocenters. The number of nitrogens with zero attached hydrogens (tertiary/aromatic N) is 1. The van der Waals surface area contributed by atoms with Crippen LogP contribution in [0, 0.1) is 5.41 Å². The van der Waals surface area contributed by atoms with Gasteiger partial charge in [-0.25, -0.2) is 8.42 Å². The van der Waals surface area contributed by atoms with E-state index in [9.17, 15) is 8.42 Å². The van der Waals surface area contributed by atoms with Crippen LogP contribution >= 0.6 is 0 Å². The molecule has 1 saturated heterocycles. The van der Waals surface area contributed by atoms with Crippen molar-refractivity contribution in [3.05, 3.63) is 0 Å². The minimum atomic E-state index is -3.38. The Morgan fingerprint density at radius 3 is 2.76 bits per heavy atom. The molecular formula is C10H21N3O3S. The fourth-order valence-electron chi connectivity index (χ4n) is 1.87. The molecule has 0 bridgehead atoms. The molecule has 0 saturated carbocycles. The lowest BCUT2D eigenvalue weighted by molar-refractivity contribution is 0.126. The highest BCUT2D eigenvalue weighted by molar-refractivity contribution is 7.89. The van der Waals surface area contributed by atoms with E-state index in [1.54, 1.807) is 0 Å². The highest BCUT2D eigenvalue weighted by Gasteiger charge is 2.28. The predicted octanol–water partition coefficient (Wildman–Crippen LogP) is 0.143. The Morgan fingerprint density at radius 1 is 1.59 bits per heavy atom. The van der Waals surface area contributed by atoms with Gasteiger partial charge in [-0.15, -0.1) is 0 Å². The van der Waals surface area contributed by atoms with Crippen molar-refractivity contribution in [2.75, 3.05) is 25.4 Å². The van der Waals surface area contributed by atoms with E-state index in [2.05, 4.69) is 0 Å². The molecular weight excluding hydrogens is 242 g/mol. The van der Waals surface area contributed by atoms with Crippen LogP contribution in [0.25, 0.3) is 0 Å². The van der Waals surface area contributed by atoms with Gasteiger partial charge in [-0.1, -0.05) is 6.92 Å². The SMILES string of the molecule is CCCN(CC(=N)N)S(=O)(=O)CC1CCCO1. The van der Waals surface area contributed by atoms with Gasteiger partial charge >= 0.3 is 0 Å². The van der Waals surface area contributed by atoms with E-state index in [1.165, 1.54) is 4.31 Å². The molecule has 100 valence electrons. The molecule has 0 radical (unpaired) electrons. The third-order valence-electron chi connectivity index (χ3n) is 2.63. The molecule has 0 aliphatic carbocycles. The van der Waals surface area contributed by atoms with Gasteiger partial charge in [0.1, 0.15) is 5.84 Å². The van der Waals surface area contributed by atoms with Gasteiger partial charge in [-0.2, -0.15) is 4.31 Å². The number of hydrogen-bond acceptors (Lipinski definition) is 4. The van der Waals surface area contributed by atoms with Gasteiger partial charge in [0.2, 0.25) is 10.0 Å². The van der Waals surface area contributed by atoms with Gasteiger partial charge in [0.15, 0.2) is 0 Å². The molecule has 0 spiro atoms. The maximum absolute atomic E-state index is 12.1. The number of ether oxygens (including phenoxy) is 1. The van der Waals surface area contributed by atoms with Gasteiger partial charge in [0.05, 0.1) is 18.4 Å². The topological polar surface area (TPSA) is 96.5 Å². The molecule has 7 heteroatoms. The molecule has 6 nitrogen and oxygen atoms in total. The van der Waals surface area contributed by atoms with Gasteiger partial charge in [-0.05, 0) is 19.3 Å². The molecule has 0 aromatic carbocycles. The van der Waals surface area contributed by atoms with Crippen molar-refractivity contribution < 1.29 is 13.2 Å². The van der Waals surface area contributed by atoms with Gasteiger partial charge < -0.3 is 10.5 Å². The molecule has 3 N–H and O–H groups in total. The molecule has 0 aromatic heterocycles. The summed E-state index contributed by atoms with van der Waals surface area (Å²) in [6, 6.07) is 0. The van der Waals surface area contributed by atoms with Crippen LogP contribution in [0.5, 0.6) is 0 Å². The monoisotopic (exact) mass is 263 g/mol. The minimum absolute atomic E-state index is 0.000278. The zero-order valence-electron chi connectivity index (χ0n) is 10.2. The number of nitrogens with two attached hydrogens (primary N) is 1. The van der Waals surface area contributed by atoms with Gasteiger partial charge in [-0.3, -0.25) is 5.41 Å². The normalized spacial score (nSPS) is 20.9. The van der Waals surface area contributed by atoms with E-state index in [4.69, 9.17) is 15.9 Å². The lowest BCUT2D eigenvalue weighted by Gasteiger charge is -2.22. The first-order valence-electron chi connectivity index (χ1n) is 5.88. The number of nitrogens with one attached hydrogen (secondary N) is 1. The van der Waals surface area contributed by atoms with Crippen molar-refractivity contribution in [2.24, 2.45) is 5.73 Å². The second kappa shape index (κ2) is 6.32. The first kappa shape index (κ1) is 14.4. The highest BCUT2D eigenvalue weighted by atomic mass is 32.2. The quantitative estimate of drug-likeness (QED) is 0.504. The Balaban J connectivity index is 2.65. The average Bonchev–Trinajstić information content (AvgIpc) is 2.68. The Labute approximate surface area is 103 Å². The van der Waals surface area contributed by atoms with Crippen LogP contribution in [-0.2, 0) is 14.8 Å². The maximum Gasteiger partial charge on any atom is 0.217 e. The minimum Gasteiger partial charge on any atom is -0.387 e. The largest absolute Gasteiger partial charge is 0.387 e. The molecule has 0 amide bonds. The van der Waals surface area contributed by atoms with Crippen molar-refractivity contribution in [2.45, 2.75) is 32.3 Å². The number of rotatable bonds is 7. The van der Waals surface area contributed by atoms with E-state index in [1.807, 2.05) is 6.92 Å². The van der Waals surface area contributed by atoms with Gasteiger partial charge in [0, 0.05) is 13.2 Å². The van der Waals surface area contributed by atoms with Crippen molar-refractivity contribution in [3.63, 3.8) is 0 Å². The van der Waals surface area contributed by atoms with Crippen molar-refractivity contribution in [3.8, 4) is 0 Å². The van der Waals surface area contributed by atoms with E-state index in [-0.39, 0.29) is 24.2 Å². The van der Waals surface area contributed by atoms with E-state index < -0.39 is 10.0 Å². The summed E-state index contributed by atoms with van der Waals surface area (Å²) in [6.07, 6.45) is 2.21. The number of amidine groups is 1. The first-order valence-corrected chi connectivity index (χ1v) is 7.49. The molecule has 1 aliphatic heterocycles. The molecule has 1 aliphatic rings. The average molecular weight is 263 g/mol. The summed E-state index contributed by atoms with van der Waals surface area (Å²) >= 11 is 0. The fraction of sp³-hybridized carbons (Fsp3) is 0.900. The van der Waals surface area contributed by atoms with Gasteiger partial charge in [0.25, 0.3) is 0 Å². The summed E-state index contributed by atoms with van der Waals surface area (Å²) in [5.74, 6) is -0.130. The zero-order valence-corrected chi connectivity index (χ0v) is 11.0. The summed E-state index contributed by atoms with van der Waals surface area (Å²) in [7, 11) is -3.38. The van der Waals surface area contributed by atoms with E-state index in [0.717, 1.165) is 12.8 Å². The molecule has 1 heterocycles. The Morgan fingerprint density at radius 2 is 2.29 bits per heavy atom. The second-order valence-corrected chi connectivity index (χ2v) is 6.29. The summed E-state index contributed by atoms with van der Waals surface area (Å²) in [4.78, 5) is 0. The molecule has 17 heavy (non-hydrogen) atoms. The second-order valence-electron chi connectivity index (χ2n) is 4.27.